The number of ether oxygens (including phenoxy) is 1. The molecule has 2 fully saturated rings. The molecule has 0 aromatic heterocycles. The number of aliphatic hydroxyl groups excluding tert-OH is 1. The Morgan fingerprint density at radius 1 is 1.14 bits per heavy atom. The van der Waals surface area contributed by atoms with E-state index < -0.39 is 0 Å². The van der Waals surface area contributed by atoms with Crippen LogP contribution in [0.5, 0.6) is 0 Å². The Morgan fingerprint density at radius 2 is 1.93 bits per heavy atom. The summed E-state index contributed by atoms with van der Waals surface area (Å²) in [7, 11) is 0. The first kappa shape index (κ1) is 10.4. The second kappa shape index (κ2) is 5.10. The summed E-state index contributed by atoms with van der Waals surface area (Å²) in [6, 6.07) is 0.614. The van der Waals surface area contributed by atoms with Gasteiger partial charge >= 0.3 is 0 Å². The molecule has 1 unspecified atom stereocenters. The fourth-order valence-electron chi connectivity index (χ4n) is 2.38. The molecule has 2 aliphatic rings. The summed E-state index contributed by atoms with van der Waals surface area (Å²) >= 11 is 0. The summed E-state index contributed by atoms with van der Waals surface area (Å²) in [6.45, 7) is 1.94. The summed E-state index contributed by atoms with van der Waals surface area (Å²) in [4.78, 5) is 0. The summed E-state index contributed by atoms with van der Waals surface area (Å²) < 4.78 is 5.55. The average molecular weight is 199 g/mol. The lowest BCUT2D eigenvalue weighted by atomic mass is 9.93. The lowest BCUT2D eigenvalue weighted by Crippen LogP contribution is -2.38. The van der Waals surface area contributed by atoms with E-state index >= 15 is 0 Å². The smallest absolute Gasteiger partial charge is 0.0700 e. The Labute approximate surface area is 85.8 Å². The van der Waals surface area contributed by atoms with Gasteiger partial charge in [-0.3, -0.25) is 0 Å². The van der Waals surface area contributed by atoms with Crippen molar-refractivity contribution >= 4 is 0 Å². The van der Waals surface area contributed by atoms with Crippen LogP contribution in [0.2, 0.25) is 0 Å². The zero-order chi connectivity index (χ0) is 9.80. The topological polar surface area (TPSA) is 41.5 Å². The van der Waals surface area contributed by atoms with E-state index in [0.717, 1.165) is 38.8 Å². The molecule has 0 aromatic rings. The van der Waals surface area contributed by atoms with Crippen molar-refractivity contribution in [1.29, 1.82) is 0 Å². The van der Waals surface area contributed by atoms with Gasteiger partial charge in [-0.25, -0.2) is 0 Å². The van der Waals surface area contributed by atoms with Crippen LogP contribution < -0.4 is 5.32 Å². The summed E-state index contributed by atoms with van der Waals surface area (Å²) in [5.41, 5.74) is 0. The maximum absolute atomic E-state index is 9.35. The quantitative estimate of drug-likeness (QED) is 0.714. The lowest BCUT2D eigenvalue weighted by molar-refractivity contribution is 0.0931. The van der Waals surface area contributed by atoms with Crippen LogP contribution in [-0.2, 0) is 4.74 Å². The third-order valence-corrected chi connectivity index (χ3v) is 3.35. The molecule has 2 rings (SSSR count). The molecule has 1 heterocycles. The summed E-state index contributed by atoms with van der Waals surface area (Å²) in [5.74, 6) is 0. The van der Waals surface area contributed by atoms with Crippen molar-refractivity contribution in [2.45, 2.75) is 56.8 Å². The highest BCUT2D eigenvalue weighted by atomic mass is 16.5. The van der Waals surface area contributed by atoms with Crippen molar-refractivity contribution < 1.29 is 9.84 Å². The Kier molecular flexibility index (Phi) is 3.79. The molecule has 1 saturated carbocycles. The lowest BCUT2D eigenvalue weighted by Gasteiger charge is -2.27. The Hall–Kier alpha value is -0.120. The molecule has 1 aliphatic heterocycles. The molecular weight excluding hydrogens is 178 g/mol. The molecule has 0 amide bonds. The first-order chi connectivity index (χ1) is 6.84. The van der Waals surface area contributed by atoms with Crippen LogP contribution in [0.15, 0.2) is 0 Å². The third kappa shape index (κ3) is 2.94. The Bertz CT molecular complexity index is 161. The number of aliphatic hydroxyl groups is 1. The van der Waals surface area contributed by atoms with Crippen LogP contribution in [-0.4, -0.2) is 36.5 Å². The third-order valence-electron chi connectivity index (χ3n) is 3.35. The molecular formula is C11H21NO2. The minimum atomic E-state index is -0.0456. The van der Waals surface area contributed by atoms with Gasteiger partial charge < -0.3 is 15.2 Å². The zero-order valence-electron chi connectivity index (χ0n) is 8.74. The van der Waals surface area contributed by atoms with Crippen LogP contribution in [0.3, 0.4) is 0 Å². The predicted octanol–water partition coefficient (Wildman–Crippen LogP) is 1.06. The van der Waals surface area contributed by atoms with Gasteiger partial charge in [0.1, 0.15) is 0 Å². The van der Waals surface area contributed by atoms with Gasteiger partial charge in [-0.05, 0) is 38.5 Å². The molecule has 82 valence electrons. The average Bonchev–Trinajstić information content (AvgIpc) is 2.70. The molecule has 0 bridgehead atoms. The number of hydrogen-bond acceptors (Lipinski definition) is 3. The summed E-state index contributed by atoms with van der Waals surface area (Å²) in [6.07, 6.45) is 6.99. The van der Waals surface area contributed by atoms with Crippen molar-refractivity contribution in [1.82, 2.24) is 5.32 Å². The van der Waals surface area contributed by atoms with Crippen LogP contribution >= 0.6 is 0 Å². The predicted molar refractivity (Wildman–Crippen MR) is 55.2 cm³/mol. The minimum Gasteiger partial charge on any atom is -0.393 e. The highest BCUT2D eigenvalue weighted by molar-refractivity contribution is 4.78. The summed E-state index contributed by atoms with van der Waals surface area (Å²) in [5, 5.41) is 12.9. The van der Waals surface area contributed by atoms with Crippen LogP contribution in [0.1, 0.15) is 38.5 Å². The molecule has 3 nitrogen and oxygen atoms in total. The number of rotatable bonds is 3. The van der Waals surface area contributed by atoms with Gasteiger partial charge in [-0.2, -0.15) is 0 Å². The normalized spacial score (nSPS) is 38.8. The van der Waals surface area contributed by atoms with Crippen molar-refractivity contribution in [2.75, 3.05) is 13.2 Å². The van der Waals surface area contributed by atoms with Crippen LogP contribution in [0, 0.1) is 0 Å². The zero-order valence-corrected chi connectivity index (χ0v) is 8.74. The van der Waals surface area contributed by atoms with E-state index in [2.05, 4.69) is 5.32 Å². The Morgan fingerprint density at radius 3 is 2.57 bits per heavy atom. The van der Waals surface area contributed by atoms with E-state index in [9.17, 15) is 5.11 Å². The van der Waals surface area contributed by atoms with Gasteiger partial charge in [0.15, 0.2) is 0 Å². The molecule has 1 aliphatic carbocycles. The van der Waals surface area contributed by atoms with E-state index in [1.54, 1.807) is 0 Å². The van der Waals surface area contributed by atoms with Crippen molar-refractivity contribution in [2.24, 2.45) is 0 Å². The fourth-order valence-corrected chi connectivity index (χ4v) is 2.38. The number of nitrogens with one attached hydrogen (secondary N) is 1. The molecule has 1 atom stereocenters. The van der Waals surface area contributed by atoms with Crippen LogP contribution in [0.25, 0.3) is 0 Å². The SMILES string of the molecule is OC1CCC(NCC2CCCO2)CC1. The van der Waals surface area contributed by atoms with Crippen molar-refractivity contribution in [3.05, 3.63) is 0 Å². The van der Waals surface area contributed by atoms with Crippen LogP contribution in [0.4, 0.5) is 0 Å². The van der Waals surface area contributed by atoms with Crippen molar-refractivity contribution in [3.8, 4) is 0 Å². The van der Waals surface area contributed by atoms with Gasteiger partial charge in [0.05, 0.1) is 12.2 Å². The molecule has 1 saturated heterocycles. The minimum absolute atomic E-state index is 0.0456. The first-order valence-electron chi connectivity index (χ1n) is 5.87. The maximum Gasteiger partial charge on any atom is 0.0700 e. The molecule has 0 spiro atoms. The highest BCUT2D eigenvalue weighted by Crippen LogP contribution is 2.19. The molecule has 3 heteroatoms. The Balaban J connectivity index is 1.60. The monoisotopic (exact) mass is 199 g/mol. The fraction of sp³-hybridized carbons (Fsp3) is 1.00. The molecule has 0 radical (unpaired) electrons. The molecule has 14 heavy (non-hydrogen) atoms. The van der Waals surface area contributed by atoms with Gasteiger partial charge in [0.25, 0.3) is 0 Å². The molecule has 2 N–H and O–H groups in total. The second-order valence-corrected chi connectivity index (χ2v) is 4.55. The van der Waals surface area contributed by atoms with Crippen molar-refractivity contribution in [3.63, 3.8) is 0 Å². The van der Waals surface area contributed by atoms with E-state index in [1.165, 1.54) is 12.8 Å². The van der Waals surface area contributed by atoms with Gasteiger partial charge in [0.2, 0.25) is 0 Å². The van der Waals surface area contributed by atoms with Gasteiger partial charge in [0, 0.05) is 19.2 Å². The van der Waals surface area contributed by atoms with E-state index in [4.69, 9.17) is 4.74 Å². The maximum atomic E-state index is 9.35. The largest absolute Gasteiger partial charge is 0.393 e. The highest BCUT2D eigenvalue weighted by Gasteiger charge is 2.21. The standard InChI is InChI=1S/C11H21NO2/c13-10-5-3-9(4-6-10)12-8-11-2-1-7-14-11/h9-13H,1-8H2. The first-order valence-corrected chi connectivity index (χ1v) is 5.87. The van der Waals surface area contributed by atoms with E-state index in [-0.39, 0.29) is 6.10 Å². The van der Waals surface area contributed by atoms with Gasteiger partial charge in [-0.15, -0.1) is 0 Å². The molecule has 0 aromatic carbocycles. The van der Waals surface area contributed by atoms with Gasteiger partial charge in [-0.1, -0.05) is 0 Å². The number of hydrogen-bond donors (Lipinski definition) is 2. The second-order valence-electron chi connectivity index (χ2n) is 4.55. The van der Waals surface area contributed by atoms with E-state index in [0.29, 0.717) is 12.1 Å². The van der Waals surface area contributed by atoms with E-state index in [1.807, 2.05) is 0 Å².